The van der Waals surface area contributed by atoms with Gasteiger partial charge in [-0.05, 0) is 12.0 Å². The van der Waals surface area contributed by atoms with Crippen LogP contribution in [0.2, 0.25) is 0 Å². The van der Waals surface area contributed by atoms with Crippen molar-refractivity contribution in [3.05, 3.63) is 48.3 Å². The van der Waals surface area contributed by atoms with Crippen molar-refractivity contribution in [2.75, 3.05) is 5.32 Å². The van der Waals surface area contributed by atoms with Crippen molar-refractivity contribution in [3.8, 4) is 17.1 Å². The van der Waals surface area contributed by atoms with E-state index in [1.54, 1.807) is 29.1 Å². The first-order valence-corrected chi connectivity index (χ1v) is 9.30. The maximum Gasteiger partial charge on any atom is 0.303 e. The number of aromatic nitrogens is 6. The van der Waals surface area contributed by atoms with E-state index in [0.717, 1.165) is 17.9 Å². The minimum absolute atomic E-state index is 0.257. The van der Waals surface area contributed by atoms with E-state index >= 15 is 0 Å². The third-order valence-corrected chi connectivity index (χ3v) is 4.60. The van der Waals surface area contributed by atoms with Crippen LogP contribution in [0.3, 0.4) is 0 Å². The van der Waals surface area contributed by atoms with Crippen LogP contribution in [0.15, 0.2) is 36.9 Å². The van der Waals surface area contributed by atoms with Crippen LogP contribution in [0, 0.1) is 0 Å². The number of hydrogen-bond acceptors (Lipinski definition) is 5. The molecule has 0 aliphatic carbocycles. The van der Waals surface area contributed by atoms with Gasteiger partial charge in [0.25, 0.3) is 0 Å². The van der Waals surface area contributed by atoms with Crippen LogP contribution in [-0.4, -0.2) is 35.6 Å². The van der Waals surface area contributed by atoms with Gasteiger partial charge in [0, 0.05) is 55.5 Å². The zero-order valence-electron chi connectivity index (χ0n) is 16.6. The first kappa shape index (κ1) is 19.6. The van der Waals surface area contributed by atoms with E-state index in [9.17, 15) is 13.6 Å². The van der Waals surface area contributed by atoms with Crippen molar-refractivity contribution in [1.29, 1.82) is 0 Å². The second kappa shape index (κ2) is 7.29. The van der Waals surface area contributed by atoms with Gasteiger partial charge in [-0.3, -0.25) is 9.89 Å². The van der Waals surface area contributed by atoms with Gasteiger partial charge in [-0.25, -0.2) is 15.0 Å². The van der Waals surface area contributed by atoms with Crippen LogP contribution >= 0.6 is 0 Å². The highest BCUT2D eigenvalue weighted by molar-refractivity contribution is 5.92. The van der Waals surface area contributed by atoms with E-state index in [-0.39, 0.29) is 11.7 Å². The molecule has 4 aromatic rings. The van der Waals surface area contributed by atoms with Gasteiger partial charge in [-0.15, -0.1) is 0 Å². The minimum atomic E-state index is -3.23. The van der Waals surface area contributed by atoms with Crippen molar-refractivity contribution in [1.82, 2.24) is 29.7 Å². The smallest absolute Gasteiger partial charge is 0.303 e. The Morgan fingerprint density at radius 2 is 2.07 bits per heavy atom. The van der Waals surface area contributed by atoms with E-state index in [1.165, 1.54) is 13.1 Å². The number of halogens is 2. The number of anilines is 1. The summed E-state index contributed by atoms with van der Waals surface area (Å²) in [5.74, 6) is -3.43. The zero-order chi connectivity index (χ0) is 21.5. The van der Waals surface area contributed by atoms with E-state index in [0.29, 0.717) is 29.0 Å². The molecule has 0 saturated carbocycles. The highest BCUT2D eigenvalue weighted by Crippen LogP contribution is 2.31. The number of alkyl halides is 2. The van der Waals surface area contributed by atoms with Crippen LogP contribution in [0.25, 0.3) is 28.0 Å². The molecule has 0 atom stereocenters. The summed E-state index contributed by atoms with van der Waals surface area (Å²) in [6.07, 6.45) is 7.29. The summed E-state index contributed by atoms with van der Waals surface area (Å²) in [5.41, 5.74) is 2.55. The average Bonchev–Trinajstić information content (AvgIpc) is 3.34. The van der Waals surface area contributed by atoms with Crippen molar-refractivity contribution in [3.63, 3.8) is 0 Å². The molecular weight excluding hydrogens is 392 g/mol. The molecular formula is C20H19F2N7O. The van der Waals surface area contributed by atoms with E-state index in [4.69, 9.17) is 0 Å². The van der Waals surface area contributed by atoms with Crippen LogP contribution < -0.4 is 5.32 Å². The maximum absolute atomic E-state index is 14.1. The molecule has 154 valence electrons. The van der Waals surface area contributed by atoms with Gasteiger partial charge in [0.2, 0.25) is 11.7 Å². The van der Waals surface area contributed by atoms with Gasteiger partial charge in [-0.2, -0.15) is 13.9 Å². The molecule has 4 heterocycles. The Balaban J connectivity index is 1.96. The molecule has 0 aliphatic heterocycles. The number of hydrogen-bond donors (Lipinski definition) is 2. The zero-order valence-corrected chi connectivity index (χ0v) is 16.6. The maximum atomic E-state index is 14.1. The predicted molar refractivity (Wildman–Crippen MR) is 107 cm³/mol. The fourth-order valence-electron chi connectivity index (χ4n) is 3.20. The van der Waals surface area contributed by atoms with Crippen LogP contribution in [0.4, 0.5) is 14.6 Å². The number of aromatic amines is 1. The molecule has 0 aliphatic rings. The summed E-state index contributed by atoms with van der Waals surface area (Å²) in [6, 6.07) is 3.32. The van der Waals surface area contributed by atoms with E-state index in [1.807, 2.05) is 13.1 Å². The molecule has 10 heteroatoms. The quantitative estimate of drug-likeness (QED) is 0.520. The molecule has 8 nitrogen and oxygen atoms in total. The Morgan fingerprint density at radius 1 is 1.27 bits per heavy atom. The van der Waals surface area contributed by atoms with Gasteiger partial charge in [0.15, 0.2) is 0 Å². The Morgan fingerprint density at radius 3 is 2.70 bits per heavy atom. The minimum Gasteiger partial charge on any atom is -0.311 e. The molecule has 4 rings (SSSR count). The molecule has 0 radical (unpaired) electrons. The number of carbonyl (C=O) groups excluding carboxylic acids is 1. The van der Waals surface area contributed by atoms with Crippen molar-refractivity contribution in [2.45, 2.75) is 33.1 Å². The number of H-pyrrole nitrogens is 1. The van der Waals surface area contributed by atoms with Crippen LogP contribution in [0.5, 0.6) is 0 Å². The molecule has 2 N–H and O–H groups in total. The lowest BCUT2D eigenvalue weighted by atomic mass is 10.2. The first-order valence-electron chi connectivity index (χ1n) is 9.30. The SMILES string of the molecule is CCc1cn(-c2cc(-c3cn[nH]c3)nc(C(C)(F)F)n2)c2cc(NC(C)=O)ncc12. The molecule has 0 unspecified atom stereocenters. The highest BCUT2D eigenvalue weighted by Gasteiger charge is 2.30. The summed E-state index contributed by atoms with van der Waals surface area (Å²) in [5, 5.41) is 10.0. The fourth-order valence-corrected chi connectivity index (χ4v) is 3.20. The molecule has 1 amide bonds. The lowest BCUT2D eigenvalue weighted by Crippen LogP contribution is -2.15. The van der Waals surface area contributed by atoms with Gasteiger partial charge in [0.05, 0.1) is 17.4 Å². The van der Waals surface area contributed by atoms with Crippen molar-refractivity contribution in [2.24, 2.45) is 0 Å². The standard InChI is InChI=1S/C20H19F2N7O/c1-4-12-10-29(16-6-17(26-11(2)30)23-9-14(12)16)18-5-15(13-7-24-25-8-13)27-19(28-18)20(3,21)22/h5-10H,4H2,1-3H3,(H,24,25)(H,23,26,30). The summed E-state index contributed by atoms with van der Waals surface area (Å²) in [6.45, 7) is 4.14. The topological polar surface area (TPSA) is 101 Å². The fraction of sp³-hybridized carbons (Fsp3) is 0.250. The highest BCUT2D eigenvalue weighted by atomic mass is 19.3. The molecule has 0 spiro atoms. The largest absolute Gasteiger partial charge is 0.311 e. The van der Waals surface area contributed by atoms with Crippen molar-refractivity contribution < 1.29 is 13.6 Å². The van der Waals surface area contributed by atoms with E-state index in [2.05, 4.69) is 30.5 Å². The van der Waals surface area contributed by atoms with Crippen LogP contribution in [0.1, 0.15) is 32.2 Å². The average molecular weight is 411 g/mol. The Labute approximate surface area is 170 Å². The number of nitrogens with one attached hydrogen (secondary N) is 2. The lowest BCUT2D eigenvalue weighted by Gasteiger charge is -2.13. The van der Waals surface area contributed by atoms with E-state index < -0.39 is 11.7 Å². The number of amides is 1. The Bertz CT molecular complexity index is 1230. The summed E-state index contributed by atoms with van der Waals surface area (Å²) >= 11 is 0. The molecule has 0 saturated heterocycles. The van der Waals surface area contributed by atoms with Gasteiger partial charge in [0.1, 0.15) is 11.6 Å². The normalized spacial score (nSPS) is 11.8. The Kier molecular flexibility index (Phi) is 4.76. The van der Waals surface area contributed by atoms with Gasteiger partial charge < -0.3 is 9.88 Å². The second-order valence-electron chi connectivity index (χ2n) is 6.96. The third-order valence-electron chi connectivity index (χ3n) is 4.60. The summed E-state index contributed by atoms with van der Waals surface area (Å²) < 4.78 is 30.0. The summed E-state index contributed by atoms with van der Waals surface area (Å²) in [7, 11) is 0. The van der Waals surface area contributed by atoms with Gasteiger partial charge in [-0.1, -0.05) is 6.92 Å². The first-order chi connectivity index (χ1) is 14.3. The molecule has 4 aromatic heterocycles. The molecule has 0 bridgehead atoms. The Hall–Kier alpha value is -3.69. The monoisotopic (exact) mass is 411 g/mol. The molecule has 0 aromatic carbocycles. The molecule has 0 fully saturated rings. The lowest BCUT2D eigenvalue weighted by molar-refractivity contribution is -0.114. The predicted octanol–water partition coefficient (Wildman–Crippen LogP) is 3.84. The number of carbonyl (C=O) groups is 1. The number of pyridine rings is 1. The number of aryl methyl sites for hydroxylation is 1. The van der Waals surface area contributed by atoms with Gasteiger partial charge >= 0.3 is 5.92 Å². The van der Waals surface area contributed by atoms with Crippen LogP contribution in [-0.2, 0) is 17.1 Å². The number of rotatable bonds is 5. The second-order valence-corrected chi connectivity index (χ2v) is 6.96. The third kappa shape index (κ3) is 3.63. The number of nitrogens with zero attached hydrogens (tertiary/aromatic N) is 5. The number of fused-ring (bicyclic) bond motifs is 1. The summed E-state index contributed by atoms with van der Waals surface area (Å²) in [4.78, 5) is 23.9. The van der Waals surface area contributed by atoms with Crippen molar-refractivity contribution >= 4 is 22.6 Å². The molecule has 30 heavy (non-hydrogen) atoms.